The fraction of sp³-hybridized carbons (Fsp3) is 0.417. The minimum Gasteiger partial charge on any atom is -0.497 e. The van der Waals surface area contributed by atoms with E-state index in [1.165, 1.54) is 0 Å². The zero-order valence-electron chi connectivity index (χ0n) is 10.0. The van der Waals surface area contributed by atoms with Gasteiger partial charge in [-0.2, -0.15) is 0 Å². The van der Waals surface area contributed by atoms with E-state index in [1.54, 1.807) is 14.2 Å². The Bertz CT molecular complexity index is 420. The van der Waals surface area contributed by atoms with Gasteiger partial charge in [0, 0.05) is 19.2 Å². The molecule has 1 fully saturated rings. The Kier molecular flexibility index (Phi) is 3.37. The first-order chi connectivity index (χ1) is 8.24. The number of anilines is 1. The van der Waals surface area contributed by atoms with Crippen molar-refractivity contribution in [3.8, 4) is 11.5 Å². The predicted molar refractivity (Wildman–Crippen MR) is 64.8 cm³/mol. The molecule has 5 nitrogen and oxygen atoms in total. The second-order valence-electron chi connectivity index (χ2n) is 3.81. The van der Waals surface area contributed by atoms with Crippen LogP contribution < -0.4 is 19.7 Å². The van der Waals surface area contributed by atoms with Crippen LogP contribution in [0.15, 0.2) is 18.2 Å². The maximum Gasteiger partial charge on any atom is 0.239 e. The molecule has 0 bridgehead atoms. The molecule has 1 saturated heterocycles. The molecule has 17 heavy (non-hydrogen) atoms. The molecule has 1 amide bonds. The Labute approximate surface area is 100 Å². The molecule has 1 heterocycles. The lowest BCUT2D eigenvalue weighted by Crippen LogP contribution is -2.47. The van der Waals surface area contributed by atoms with Gasteiger partial charge in [0.15, 0.2) is 0 Å². The van der Waals surface area contributed by atoms with E-state index in [0.717, 1.165) is 23.7 Å². The Morgan fingerprint density at radius 1 is 1.29 bits per heavy atom. The number of carbonyl (C=O) groups is 1. The van der Waals surface area contributed by atoms with Crippen molar-refractivity contribution in [2.75, 3.05) is 38.8 Å². The number of rotatable bonds is 3. The molecule has 0 spiro atoms. The van der Waals surface area contributed by atoms with Gasteiger partial charge >= 0.3 is 0 Å². The van der Waals surface area contributed by atoms with Crippen molar-refractivity contribution in [1.82, 2.24) is 5.32 Å². The number of piperazine rings is 1. The summed E-state index contributed by atoms with van der Waals surface area (Å²) in [7, 11) is 3.24. The summed E-state index contributed by atoms with van der Waals surface area (Å²) < 4.78 is 10.5. The molecule has 0 radical (unpaired) electrons. The summed E-state index contributed by atoms with van der Waals surface area (Å²) in [5.41, 5.74) is 0.890. The molecule has 1 N–H and O–H groups in total. The molecule has 5 heteroatoms. The molecule has 0 unspecified atom stereocenters. The SMILES string of the molecule is COc1ccc(OC)c(N2CCNC(=O)C2)c1. The monoisotopic (exact) mass is 236 g/mol. The molecular weight excluding hydrogens is 220 g/mol. The number of ether oxygens (including phenoxy) is 2. The number of benzene rings is 1. The molecule has 0 saturated carbocycles. The lowest BCUT2D eigenvalue weighted by atomic mass is 10.2. The largest absolute Gasteiger partial charge is 0.497 e. The number of methoxy groups -OCH3 is 2. The molecule has 0 aromatic heterocycles. The smallest absolute Gasteiger partial charge is 0.239 e. The first-order valence-corrected chi connectivity index (χ1v) is 5.48. The Balaban J connectivity index is 2.30. The maximum atomic E-state index is 11.4. The van der Waals surface area contributed by atoms with Crippen LogP contribution in [-0.4, -0.2) is 39.8 Å². The maximum absolute atomic E-state index is 11.4. The van der Waals surface area contributed by atoms with Gasteiger partial charge in [-0.05, 0) is 12.1 Å². The van der Waals surface area contributed by atoms with Gasteiger partial charge in [-0.25, -0.2) is 0 Å². The van der Waals surface area contributed by atoms with E-state index in [1.807, 2.05) is 23.1 Å². The van der Waals surface area contributed by atoms with Crippen LogP contribution in [0.25, 0.3) is 0 Å². The summed E-state index contributed by atoms with van der Waals surface area (Å²) in [5.74, 6) is 1.54. The highest BCUT2D eigenvalue weighted by molar-refractivity contribution is 5.83. The van der Waals surface area contributed by atoms with Gasteiger partial charge in [-0.3, -0.25) is 4.79 Å². The summed E-state index contributed by atoms with van der Waals surface area (Å²) in [6.07, 6.45) is 0. The fourth-order valence-corrected chi connectivity index (χ4v) is 1.89. The van der Waals surface area contributed by atoms with Crippen molar-refractivity contribution in [2.24, 2.45) is 0 Å². The van der Waals surface area contributed by atoms with E-state index >= 15 is 0 Å². The molecule has 92 valence electrons. The molecule has 1 aromatic carbocycles. The van der Waals surface area contributed by atoms with Crippen molar-refractivity contribution in [3.05, 3.63) is 18.2 Å². The van der Waals surface area contributed by atoms with Gasteiger partial charge in [-0.15, -0.1) is 0 Å². The summed E-state index contributed by atoms with van der Waals surface area (Å²) in [6.45, 7) is 1.78. The van der Waals surface area contributed by atoms with Crippen molar-refractivity contribution >= 4 is 11.6 Å². The van der Waals surface area contributed by atoms with Gasteiger partial charge in [0.1, 0.15) is 11.5 Å². The lowest BCUT2D eigenvalue weighted by Gasteiger charge is -2.29. The van der Waals surface area contributed by atoms with E-state index in [2.05, 4.69) is 5.32 Å². The Hall–Kier alpha value is -1.91. The number of hydrogen-bond acceptors (Lipinski definition) is 4. The minimum absolute atomic E-state index is 0.0288. The molecule has 1 aliphatic rings. The zero-order chi connectivity index (χ0) is 12.3. The summed E-state index contributed by atoms with van der Waals surface area (Å²) >= 11 is 0. The van der Waals surface area contributed by atoms with Crippen molar-refractivity contribution < 1.29 is 14.3 Å². The van der Waals surface area contributed by atoms with E-state index in [4.69, 9.17) is 9.47 Å². The van der Waals surface area contributed by atoms with E-state index in [-0.39, 0.29) is 5.91 Å². The Morgan fingerprint density at radius 2 is 2.12 bits per heavy atom. The number of amides is 1. The van der Waals surface area contributed by atoms with E-state index < -0.39 is 0 Å². The van der Waals surface area contributed by atoms with Crippen LogP contribution in [-0.2, 0) is 4.79 Å². The van der Waals surface area contributed by atoms with Gasteiger partial charge in [0.2, 0.25) is 5.91 Å². The van der Waals surface area contributed by atoms with Crippen molar-refractivity contribution in [1.29, 1.82) is 0 Å². The van der Waals surface area contributed by atoms with Crippen LogP contribution >= 0.6 is 0 Å². The molecule has 0 atom stereocenters. The van der Waals surface area contributed by atoms with Crippen LogP contribution in [0.5, 0.6) is 11.5 Å². The first-order valence-electron chi connectivity index (χ1n) is 5.48. The number of nitrogens with zero attached hydrogens (tertiary/aromatic N) is 1. The molecule has 1 aromatic rings. The highest BCUT2D eigenvalue weighted by Crippen LogP contribution is 2.32. The second-order valence-corrected chi connectivity index (χ2v) is 3.81. The topological polar surface area (TPSA) is 50.8 Å². The highest BCUT2D eigenvalue weighted by atomic mass is 16.5. The van der Waals surface area contributed by atoms with Crippen molar-refractivity contribution in [2.45, 2.75) is 0 Å². The summed E-state index contributed by atoms with van der Waals surface area (Å²) in [5, 5.41) is 2.80. The minimum atomic E-state index is 0.0288. The third-order valence-electron chi connectivity index (χ3n) is 2.77. The fourth-order valence-electron chi connectivity index (χ4n) is 1.89. The Morgan fingerprint density at radius 3 is 2.76 bits per heavy atom. The predicted octanol–water partition coefficient (Wildman–Crippen LogP) is 0.640. The average molecular weight is 236 g/mol. The number of hydrogen-bond donors (Lipinski definition) is 1. The van der Waals surface area contributed by atoms with Gasteiger partial charge in [0.25, 0.3) is 0 Å². The quantitative estimate of drug-likeness (QED) is 0.836. The normalized spacial score (nSPS) is 15.4. The van der Waals surface area contributed by atoms with E-state index in [0.29, 0.717) is 13.1 Å². The molecule has 2 rings (SSSR count). The summed E-state index contributed by atoms with van der Waals surface area (Å²) in [6, 6.07) is 5.57. The number of nitrogens with one attached hydrogen (secondary N) is 1. The van der Waals surface area contributed by atoms with Gasteiger partial charge in [0.05, 0.1) is 26.5 Å². The zero-order valence-corrected chi connectivity index (χ0v) is 10.0. The standard InChI is InChI=1S/C12H16N2O3/c1-16-9-3-4-11(17-2)10(7-9)14-6-5-13-12(15)8-14/h3-4,7H,5-6,8H2,1-2H3,(H,13,15). The van der Waals surface area contributed by atoms with E-state index in [9.17, 15) is 4.79 Å². The van der Waals surface area contributed by atoms with Crippen LogP contribution in [0.4, 0.5) is 5.69 Å². The van der Waals surface area contributed by atoms with Crippen molar-refractivity contribution in [3.63, 3.8) is 0 Å². The molecule has 1 aliphatic heterocycles. The summed E-state index contributed by atoms with van der Waals surface area (Å²) in [4.78, 5) is 13.4. The van der Waals surface area contributed by atoms with Crippen LogP contribution in [0.3, 0.4) is 0 Å². The third kappa shape index (κ3) is 2.43. The second kappa shape index (κ2) is 4.95. The van der Waals surface area contributed by atoms with Crippen LogP contribution in [0.1, 0.15) is 0 Å². The van der Waals surface area contributed by atoms with Gasteiger partial charge < -0.3 is 19.7 Å². The molecular formula is C12H16N2O3. The van der Waals surface area contributed by atoms with Crippen LogP contribution in [0, 0.1) is 0 Å². The highest BCUT2D eigenvalue weighted by Gasteiger charge is 2.19. The van der Waals surface area contributed by atoms with Crippen LogP contribution in [0.2, 0.25) is 0 Å². The lowest BCUT2D eigenvalue weighted by molar-refractivity contribution is -0.120. The van der Waals surface area contributed by atoms with Gasteiger partial charge in [-0.1, -0.05) is 0 Å². The number of carbonyl (C=O) groups excluding carboxylic acids is 1. The average Bonchev–Trinajstić information content (AvgIpc) is 2.38. The first kappa shape index (κ1) is 11.6. The molecule has 0 aliphatic carbocycles. The third-order valence-corrected chi connectivity index (χ3v) is 2.77.